The number of thiophene rings is 1. The minimum Gasteiger partial charge on any atom is -0.505 e. The SMILES string of the molecule is CCc1ccsc1CNCc1cccc(F)c1O. The Morgan fingerprint density at radius 3 is 2.83 bits per heavy atom. The molecule has 0 spiro atoms. The van der Waals surface area contributed by atoms with Crippen molar-refractivity contribution in [2.75, 3.05) is 0 Å². The zero-order valence-corrected chi connectivity index (χ0v) is 11.1. The van der Waals surface area contributed by atoms with Crippen molar-refractivity contribution >= 4 is 11.3 Å². The number of benzene rings is 1. The highest BCUT2D eigenvalue weighted by molar-refractivity contribution is 7.10. The highest BCUT2D eigenvalue weighted by Gasteiger charge is 2.06. The zero-order valence-electron chi connectivity index (χ0n) is 10.2. The summed E-state index contributed by atoms with van der Waals surface area (Å²) in [4.78, 5) is 1.30. The summed E-state index contributed by atoms with van der Waals surface area (Å²) in [6, 6.07) is 6.71. The molecule has 0 aliphatic rings. The average molecular weight is 265 g/mol. The molecule has 2 aromatic rings. The summed E-state index contributed by atoms with van der Waals surface area (Å²) < 4.78 is 13.1. The second-order valence-electron chi connectivity index (χ2n) is 4.07. The first-order valence-electron chi connectivity index (χ1n) is 5.94. The molecular weight excluding hydrogens is 249 g/mol. The first-order chi connectivity index (χ1) is 8.72. The zero-order chi connectivity index (χ0) is 13.0. The third-order valence-corrected chi connectivity index (χ3v) is 3.85. The molecule has 4 heteroatoms. The standard InChI is InChI=1S/C14H16FNOS/c1-2-10-6-7-18-13(10)9-16-8-11-4-3-5-12(15)14(11)17/h3-7,16-17H,2,8-9H2,1H3. The molecule has 18 heavy (non-hydrogen) atoms. The molecule has 1 aromatic carbocycles. The lowest BCUT2D eigenvalue weighted by Crippen LogP contribution is -2.13. The van der Waals surface area contributed by atoms with Gasteiger partial charge in [-0.1, -0.05) is 19.1 Å². The number of aromatic hydroxyl groups is 1. The van der Waals surface area contributed by atoms with E-state index in [1.165, 1.54) is 16.5 Å². The van der Waals surface area contributed by atoms with Crippen molar-refractivity contribution in [3.8, 4) is 5.75 Å². The molecule has 0 aliphatic heterocycles. The Balaban J connectivity index is 1.94. The van der Waals surface area contributed by atoms with Crippen LogP contribution in [-0.4, -0.2) is 5.11 Å². The molecule has 2 nitrogen and oxygen atoms in total. The van der Waals surface area contributed by atoms with Crippen LogP contribution in [0.25, 0.3) is 0 Å². The van der Waals surface area contributed by atoms with Crippen LogP contribution in [0.5, 0.6) is 5.75 Å². The predicted molar refractivity (Wildman–Crippen MR) is 72.3 cm³/mol. The number of phenols is 1. The van der Waals surface area contributed by atoms with Crippen molar-refractivity contribution in [1.82, 2.24) is 5.32 Å². The number of hydrogen-bond acceptors (Lipinski definition) is 3. The molecule has 2 rings (SSSR count). The summed E-state index contributed by atoms with van der Waals surface area (Å²) >= 11 is 1.72. The second-order valence-corrected chi connectivity index (χ2v) is 5.07. The predicted octanol–water partition coefficient (Wildman–Crippen LogP) is 3.45. The van der Waals surface area contributed by atoms with Gasteiger partial charge in [0.25, 0.3) is 0 Å². The van der Waals surface area contributed by atoms with E-state index >= 15 is 0 Å². The van der Waals surface area contributed by atoms with E-state index in [2.05, 4.69) is 23.7 Å². The first kappa shape index (κ1) is 13.1. The number of nitrogens with one attached hydrogen (secondary N) is 1. The van der Waals surface area contributed by atoms with Crippen molar-refractivity contribution < 1.29 is 9.50 Å². The van der Waals surface area contributed by atoms with Gasteiger partial charge in [-0.2, -0.15) is 0 Å². The van der Waals surface area contributed by atoms with E-state index in [1.54, 1.807) is 23.5 Å². The molecule has 2 N–H and O–H groups in total. The highest BCUT2D eigenvalue weighted by atomic mass is 32.1. The molecule has 1 heterocycles. The lowest BCUT2D eigenvalue weighted by atomic mass is 10.2. The van der Waals surface area contributed by atoms with Crippen LogP contribution in [0.4, 0.5) is 4.39 Å². The number of hydrogen-bond donors (Lipinski definition) is 2. The smallest absolute Gasteiger partial charge is 0.165 e. The summed E-state index contributed by atoms with van der Waals surface area (Å²) in [6.07, 6.45) is 1.02. The maximum absolute atomic E-state index is 13.1. The quantitative estimate of drug-likeness (QED) is 0.868. The highest BCUT2D eigenvalue weighted by Crippen LogP contribution is 2.21. The molecule has 0 saturated heterocycles. The Morgan fingerprint density at radius 1 is 1.22 bits per heavy atom. The van der Waals surface area contributed by atoms with Crippen LogP contribution in [0.15, 0.2) is 29.6 Å². The molecule has 0 radical (unpaired) electrons. The van der Waals surface area contributed by atoms with Crippen molar-refractivity contribution in [3.63, 3.8) is 0 Å². The van der Waals surface area contributed by atoms with E-state index in [1.807, 2.05) is 0 Å². The van der Waals surface area contributed by atoms with Crippen molar-refractivity contribution in [2.24, 2.45) is 0 Å². The van der Waals surface area contributed by atoms with Gasteiger partial charge in [-0.25, -0.2) is 4.39 Å². The molecule has 0 unspecified atom stereocenters. The summed E-state index contributed by atoms with van der Waals surface area (Å²) in [5.41, 5.74) is 1.93. The van der Waals surface area contributed by atoms with Gasteiger partial charge in [-0.15, -0.1) is 11.3 Å². The lowest BCUT2D eigenvalue weighted by molar-refractivity contribution is 0.423. The van der Waals surface area contributed by atoms with E-state index in [0.717, 1.165) is 13.0 Å². The Bertz CT molecular complexity index is 524. The third-order valence-electron chi connectivity index (χ3n) is 2.89. The summed E-state index contributed by atoms with van der Waals surface area (Å²) in [5.74, 6) is -0.827. The monoisotopic (exact) mass is 265 g/mol. The van der Waals surface area contributed by atoms with E-state index in [-0.39, 0.29) is 5.75 Å². The normalized spacial score (nSPS) is 10.8. The molecule has 0 bridgehead atoms. The summed E-state index contributed by atoms with van der Waals surface area (Å²) in [7, 11) is 0. The van der Waals surface area contributed by atoms with E-state index < -0.39 is 5.82 Å². The van der Waals surface area contributed by atoms with Crippen LogP contribution in [0.2, 0.25) is 0 Å². The fraction of sp³-hybridized carbons (Fsp3) is 0.286. The molecule has 0 amide bonds. The van der Waals surface area contributed by atoms with Gasteiger partial charge in [-0.3, -0.25) is 0 Å². The third kappa shape index (κ3) is 2.89. The lowest BCUT2D eigenvalue weighted by Gasteiger charge is -2.07. The van der Waals surface area contributed by atoms with Gasteiger partial charge in [0.05, 0.1) is 0 Å². The molecule has 0 atom stereocenters. The molecule has 1 aromatic heterocycles. The molecule has 0 fully saturated rings. The van der Waals surface area contributed by atoms with Gasteiger partial charge in [0, 0.05) is 23.5 Å². The summed E-state index contributed by atoms with van der Waals surface area (Å²) in [6.45, 7) is 3.34. The number of para-hydroxylation sites is 1. The first-order valence-corrected chi connectivity index (χ1v) is 6.82. The minimum absolute atomic E-state index is 0.258. The van der Waals surface area contributed by atoms with E-state index in [0.29, 0.717) is 12.1 Å². The average Bonchev–Trinajstić information content (AvgIpc) is 2.82. The van der Waals surface area contributed by atoms with Gasteiger partial charge in [0.1, 0.15) is 0 Å². The van der Waals surface area contributed by atoms with Crippen LogP contribution in [0, 0.1) is 5.82 Å². The molecule has 96 valence electrons. The van der Waals surface area contributed by atoms with Gasteiger partial charge in [0.2, 0.25) is 0 Å². The Hall–Kier alpha value is -1.39. The van der Waals surface area contributed by atoms with Crippen LogP contribution in [0.3, 0.4) is 0 Å². The van der Waals surface area contributed by atoms with Crippen molar-refractivity contribution in [3.05, 3.63) is 51.5 Å². The van der Waals surface area contributed by atoms with Gasteiger partial charge in [0.15, 0.2) is 11.6 Å². The maximum Gasteiger partial charge on any atom is 0.165 e. The number of phenolic OH excluding ortho intramolecular Hbond substituents is 1. The fourth-order valence-corrected chi connectivity index (χ4v) is 2.80. The molecule has 0 aliphatic carbocycles. The second kappa shape index (κ2) is 5.98. The van der Waals surface area contributed by atoms with E-state index in [4.69, 9.17) is 0 Å². The number of aryl methyl sites for hydroxylation is 1. The number of halogens is 1. The van der Waals surface area contributed by atoms with Gasteiger partial charge < -0.3 is 10.4 Å². The largest absolute Gasteiger partial charge is 0.505 e. The van der Waals surface area contributed by atoms with Crippen LogP contribution in [-0.2, 0) is 19.5 Å². The number of rotatable bonds is 5. The van der Waals surface area contributed by atoms with E-state index in [9.17, 15) is 9.50 Å². The van der Waals surface area contributed by atoms with Crippen LogP contribution >= 0.6 is 11.3 Å². The fourth-order valence-electron chi connectivity index (χ4n) is 1.85. The van der Waals surface area contributed by atoms with Gasteiger partial charge in [-0.05, 0) is 29.5 Å². The Kier molecular flexibility index (Phi) is 4.33. The molecular formula is C14H16FNOS. The van der Waals surface area contributed by atoms with Crippen LogP contribution < -0.4 is 5.32 Å². The van der Waals surface area contributed by atoms with Crippen molar-refractivity contribution in [1.29, 1.82) is 0 Å². The summed E-state index contributed by atoms with van der Waals surface area (Å²) in [5, 5.41) is 14.9. The van der Waals surface area contributed by atoms with Gasteiger partial charge >= 0.3 is 0 Å². The Morgan fingerprint density at radius 2 is 2.06 bits per heavy atom. The minimum atomic E-state index is -0.570. The van der Waals surface area contributed by atoms with Crippen LogP contribution in [0.1, 0.15) is 22.9 Å². The molecule has 0 saturated carbocycles. The topological polar surface area (TPSA) is 32.3 Å². The Labute approximate surface area is 110 Å². The van der Waals surface area contributed by atoms with Crippen molar-refractivity contribution in [2.45, 2.75) is 26.4 Å². The maximum atomic E-state index is 13.1.